The molecule has 1 aliphatic carbocycles. The Morgan fingerprint density at radius 3 is 2.41 bits per heavy atom. The van der Waals surface area contributed by atoms with Crippen LogP contribution in [0.2, 0.25) is 0 Å². The minimum absolute atomic E-state index is 0.122. The van der Waals surface area contributed by atoms with Gasteiger partial charge in [0.05, 0.1) is 24.6 Å². The number of ether oxygens (including phenoxy) is 1. The highest BCUT2D eigenvalue weighted by Crippen LogP contribution is 2.25. The summed E-state index contributed by atoms with van der Waals surface area (Å²) in [7, 11) is -0.832. The topological polar surface area (TPSA) is 75.7 Å². The van der Waals surface area contributed by atoms with Crippen molar-refractivity contribution in [1.82, 2.24) is 9.62 Å². The number of hydrogen-bond acceptors (Lipinski definition) is 4. The smallest absolute Gasteiger partial charge is 0.243 e. The Hall–Kier alpha value is -2.38. The number of carbonyl (C=O) groups excluding carboxylic acids is 1. The first-order valence-corrected chi connectivity index (χ1v) is 11.3. The van der Waals surface area contributed by atoms with Gasteiger partial charge in [-0.2, -0.15) is 4.31 Å². The quantitative estimate of drug-likeness (QED) is 0.753. The summed E-state index contributed by atoms with van der Waals surface area (Å²) in [6, 6.07) is 12.3. The SMILES string of the molecule is COc1ccc(S(=O)(=O)N(C)CC(=O)N[C@H](C)c2ccc3c(c2)CCCC3)cc1. The maximum absolute atomic E-state index is 12.7. The fourth-order valence-corrected chi connectivity index (χ4v) is 4.74. The molecular weight excluding hydrogens is 388 g/mol. The molecule has 1 N–H and O–H groups in total. The number of nitrogens with one attached hydrogen (secondary N) is 1. The number of amides is 1. The molecule has 0 saturated heterocycles. The van der Waals surface area contributed by atoms with Crippen molar-refractivity contribution in [2.24, 2.45) is 0 Å². The van der Waals surface area contributed by atoms with Crippen LogP contribution in [-0.2, 0) is 27.7 Å². The van der Waals surface area contributed by atoms with Gasteiger partial charge in [0.25, 0.3) is 0 Å². The van der Waals surface area contributed by atoms with Crippen molar-refractivity contribution in [1.29, 1.82) is 0 Å². The molecule has 1 amide bonds. The molecular formula is C22H28N2O4S. The third-order valence-corrected chi connectivity index (χ3v) is 7.20. The van der Waals surface area contributed by atoms with Gasteiger partial charge in [0, 0.05) is 7.05 Å². The Morgan fingerprint density at radius 2 is 1.76 bits per heavy atom. The average Bonchev–Trinajstić information content (AvgIpc) is 2.73. The largest absolute Gasteiger partial charge is 0.497 e. The summed E-state index contributed by atoms with van der Waals surface area (Å²) >= 11 is 0. The molecule has 1 atom stereocenters. The number of sulfonamides is 1. The maximum atomic E-state index is 12.7. The van der Waals surface area contributed by atoms with Crippen LogP contribution in [0, 0.1) is 0 Å². The van der Waals surface area contributed by atoms with Crippen LogP contribution >= 0.6 is 0 Å². The molecule has 29 heavy (non-hydrogen) atoms. The van der Waals surface area contributed by atoms with Crippen LogP contribution in [0.3, 0.4) is 0 Å². The lowest BCUT2D eigenvalue weighted by atomic mass is 9.89. The third-order valence-electron chi connectivity index (χ3n) is 5.38. The van der Waals surface area contributed by atoms with E-state index in [4.69, 9.17) is 4.74 Å². The Kier molecular flexibility index (Phi) is 6.59. The zero-order chi connectivity index (χ0) is 21.0. The lowest BCUT2D eigenvalue weighted by molar-refractivity contribution is -0.121. The normalized spacial score (nSPS) is 14.9. The minimum Gasteiger partial charge on any atom is -0.497 e. The van der Waals surface area contributed by atoms with Crippen molar-refractivity contribution in [3.63, 3.8) is 0 Å². The van der Waals surface area contributed by atoms with Gasteiger partial charge in [-0.3, -0.25) is 4.79 Å². The van der Waals surface area contributed by atoms with Crippen LogP contribution in [-0.4, -0.2) is 39.3 Å². The van der Waals surface area contributed by atoms with Crippen molar-refractivity contribution in [3.05, 3.63) is 59.2 Å². The molecule has 0 spiro atoms. The van der Waals surface area contributed by atoms with E-state index in [0.29, 0.717) is 5.75 Å². The highest BCUT2D eigenvalue weighted by molar-refractivity contribution is 7.89. The molecule has 0 fully saturated rings. The molecule has 0 aromatic heterocycles. The van der Waals surface area contributed by atoms with Crippen LogP contribution in [0.25, 0.3) is 0 Å². The fraction of sp³-hybridized carbons (Fsp3) is 0.409. The molecule has 6 nitrogen and oxygen atoms in total. The van der Waals surface area contributed by atoms with E-state index in [-0.39, 0.29) is 23.4 Å². The van der Waals surface area contributed by atoms with E-state index in [1.165, 1.54) is 50.3 Å². The summed E-state index contributed by atoms with van der Waals surface area (Å²) in [5.74, 6) is 0.234. The van der Waals surface area contributed by atoms with Crippen molar-refractivity contribution in [2.75, 3.05) is 20.7 Å². The highest BCUT2D eigenvalue weighted by Gasteiger charge is 2.24. The van der Waals surface area contributed by atoms with Crippen LogP contribution in [0.15, 0.2) is 47.4 Å². The van der Waals surface area contributed by atoms with E-state index >= 15 is 0 Å². The minimum atomic E-state index is -3.75. The van der Waals surface area contributed by atoms with E-state index in [1.807, 2.05) is 13.0 Å². The number of aryl methyl sites for hydroxylation is 2. The maximum Gasteiger partial charge on any atom is 0.243 e. The van der Waals surface area contributed by atoms with Gasteiger partial charge < -0.3 is 10.1 Å². The summed E-state index contributed by atoms with van der Waals surface area (Å²) in [4.78, 5) is 12.6. The summed E-state index contributed by atoms with van der Waals surface area (Å²) in [5, 5.41) is 2.91. The van der Waals surface area contributed by atoms with E-state index in [1.54, 1.807) is 12.1 Å². The number of benzene rings is 2. The first-order valence-electron chi connectivity index (χ1n) is 9.82. The average molecular weight is 417 g/mol. The van der Waals surface area contributed by atoms with Gasteiger partial charge in [0.1, 0.15) is 5.75 Å². The lowest BCUT2D eigenvalue weighted by Gasteiger charge is -2.21. The first-order chi connectivity index (χ1) is 13.8. The molecule has 0 saturated carbocycles. The standard InChI is InChI=1S/C22H28N2O4S/c1-16(18-9-8-17-6-4-5-7-19(17)14-18)23-22(25)15-24(2)29(26,27)21-12-10-20(28-3)11-13-21/h8-14,16H,4-7,15H2,1-3H3,(H,23,25)/t16-/m1/s1. The van der Waals surface area contributed by atoms with Gasteiger partial charge in [0.2, 0.25) is 15.9 Å². The summed E-state index contributed by atoms with van der Waals surface area (Å²) < 4.78 is 31.5. The van der Waals surface area contributed by atoms with Crippen molar-refractivity contribution >= 4 is 15.9 Å². The molecule has 2 aromatic rings. The Bertz CT molecular complexity index is 971. The van der Waals surface area contributed by atoms with Crippen LogP contribution in [0.5, 0.6) is 5.75 Å². The number of carbonyl (C=O) groups is 1. The molecule has 156 valence electrons. The van der Waals surface area contributed by atoms with Crippen molar-refractivity contribution in [2.45, 2.75) is 43.5 Å². The number of rotatable bonds is 7. The summed E-state index contributed by atoms with van der Waals surface area (Å²) in [6.45, 7) is 1.67. The Morgan fingerprint density at radius 1 is 1.10 bits per heavy atom. The number of likely N-dealkylation sites (N-methyl/N-ethyl adjacent to an activating group) is 1. The predicted octanol–water partition coefficient (Wildman–Crippen LogP) is 3.07. The van der Waals surface area contributed by atoms with Gasteiger partial charge in [-0.25, -0.2) is 8.42 Å². The zero-order valence-electron chi connectivity index (χ0n) is 17.1. The summed E-state index contributed by atoms with van der Waals surface area (Å²) in [5.41, 5.74) is 3.79. The van der Waals surface area contributed by atoms with E-state index in [2.05, 4.69) is 17.4 Å². The van der Waals surface area contributed by atoms with Crippen LogP contribution in [0.4, 0.5) is 0 Å². The van der Waals surface area contributed by atoms with E-state index in [9.17, 15) is 13.2 Å². The van der Waals surface area contributed by atoms with E-state index in [0.717, 1.165) is 22.7 Å². The molecule has 0 unspecified atom stereocenters. The molecule has 0 heterocycles. The Labute approximate surface area is 172 Å². The second kappa shape index (κ2) is 8.97. The van der Waals surface area contributed by atoms with Gasteiger partial charge in [-0.05, 0) is 73.6 Å². The van der Waals surface area contributed by atoms with Crippen molar-refractivity contribution < 1.29 is 17.9 Å². The highest BCUT2D eigenvalue weighted by atomic mass is 32.2. The Balaban J connectivity index is 1.63. The number of hydrogen-bond donors (Lipinski definition) is 1. The van der Waals surface area contributed by atoms with Gasteiger partial charge >= 0.3 is 0 Å². The lowest BCUT2D eigenvalue weighted by Crippen LogP contribution is -2.39. The first kappa shape index (κ1) is 21.3. The third kappa shape index (κ3) is 4.97. The molecule has 0 radical (unpaired) electrons. The monoisotopic (exact) mass is 416 g/mol. The second-order valence-corrected chi connectivity index (χ2v) is 9.51. The number of methoxy groups -OCH3 is 1. The second-order valence-electron chi connectivity index (χ2n) is 7.46. The molecule has 2 aromatic carbocycles. The molecule has 0 aliphatic heterocycles. The molecule has 1 aliphatic rings. The number of fused-ring (bicyclic) bond motifs is 1. The van der Waals surface area contributed by atoms with Gasteiger partial charge in [-0.1, -0.05) is 18.2 Å². The molecule has 3 rings (SSSR count). The van der Waals surface area contributed by atoms with Gasteiger partial charge in [-0.15, -0.1) is 0 Å². The van der Waals surface area contributed by atoms with E-state index < -0.39 is 10.0 Å². The molecule has 7 heteroatoms. The zero-order valence-corrected chi connectivity index (χ0v) is 18.0. The van der Waals surface area contributed by atoms with Crippen molar-refractivity contribution in [3.8, 4) is 5.75 Å². The summed E-state index contributed by atoms with van der Waals surface area (Å²) in [6.07, 6.45) is 4.62. The number of nitrogens with zero attached hydrogens (tertiary/aromatic N) is 1. The van der Waals surface area contributed by atoms with Gasteiger partial charge in [0.15, 0.2) is 0 Å². The predicted molar refractivity (Wildman–Crippen MR) is 112 cm³/mol. The van der Waals surface area contributed by atoms with Crippen LogP contribution < -0.4 is 10.1 Å². The fourth-order valence-electron chi connectivity index (χ4n) is 3.61. The van der Waals surface area contributed by atoms with Crippen LogP contribution in [0.1, 0.15) is 42.5 Å². The molecule has 0 bridgehead atoms.